The number of hydrogen-bond acceptors (Lipinski definition) is 3. The molecule has 0 saturated carbocycles. The Kier molecular flexibility index (Phi) is 4.62. The van der Waals surface area contributed by atoms with E-state index in [1.165, 1.54) is 0 Å². The second kappa shape index (κ2) is 6.08. The molecule has 0 spiro atoms. The van der Waals surface area contributed by atoms with E-state index in [4.69, 9.17) is 4.18 Å². The molecule has 106 valence electrons. The molecule has 2 aromatic carbocycles. The van der Waals surface area contributed by atoms with Crippen molar-refractivity contribution >= 4 is 26.0 Å². The third-order valence-electron chi connectivity index (χ3n) is 2.84. The van der Waals surface area contributed by atoms with Gasteiger partial charge in [0.25, 0.3) is 10.1 Å². The minimum Gasteiger partial charge on any atom is -0.267 e. The summed E-state index contributed by atoms with van der Waals surface area (Å²) in [6.45, 7) is 3.70. The smallest absolute Gasteiger partial charge is 0.267 e. The van der Waals surface area contributed by atoms with Crippen molar-refractivity contribution in [1.29, 1.82) is 0 Å². The van der Waals surface area contributed by atoms with Crippen LogP contribution >= 0.6 is 15.9 Å². The molecule has 0 aliphatic rings. The third kappa shape index (κ3) is 3.11. The molecule has 0 heterocycles. The molecule has 2 rings (SSSR count). The highest BCUT2D eigenvalue weighted by atomic mass is 79.9. The first-order valence-corrected chi connectivity index (χ1v) is 8.41. The molecular formula is C15H15BrO3S. The van der Waals surface area contributed by atoms with Crippen molar-refractivity contribution in [2.45, 2.75) is 18.7 Å². The first kappa shape index (κ1) is 15.2. The molecule has 0 aliphatic heterocycles. The van der Waals surface area contributed by atoms with Crippen molar-refractivity contribution in [2.24, 2.45) is 0 Å². The van der Waals surface area contributed by atoms with E-state index in [0.29, 0.717) is 5.56 Å². The van der Waals surface area contributed by atoms with Gasteiger partial charge in [-0.1, -0.05) is 45.8 Å². The van der Waals surface area contributed by atoms with E-state index < -0.39 is 10.1 Å². The number of benzene rings is 2. The van der Waals surface area contributed by atoms with Crippen LogP contribution in [0.4, 0.5) is 0 Å². The number of rotatable bonds is 4. The van der Waals surface area contributed by atoms with Gasteiger partial charge in [0.05, 0.1) is 6.61 Å². The van der Waals surface area contributed by atoms with Gasteiger partial charge in [-0.15, -0.1) is 0 Å². The lowest BCUT2D eigenvalue weighted by atomic mass is 10.0. The molecule has 0 atom stereocenters. The van der Waals surface area contributed by atoms with Crippen LogP contribution in [-0.4, -0.2) is 15.0 Å². The molecule has 0 N–H and O–H groups in total. The Bertz CT molecular complexity index is 724. The maximum absolute atomic E-state index is 12.2. The maximum Gasteiger partial charge on any atom is 0.297 e. The molecule has 0 saturated heterocycles. The first-order valence-electron chi connectivity index (χ1n) is 6.20. The summed E-state index contributed by atoms with van der Waals surface area (Å²) < 4.78 is 30.2. The van der Waals surface area contributed by atoms with Gasteiger partial charge in [-0.2, -0.15) is 8.42 Å². The molecule has 2 aromatic rings. The van der Waals surface area contributed by atoms with Gasteiger partial charge in [0.2, 0.25) is 0 Å². The zero-order valence-electron chi connectivity index (χ0n) is 11.3. The summed E-state index contributed by atoms with van der Waals surface area (Å²) in [6.07, 6.45) is 0. The minimum atomic E-state index is -3.74. The van der Waals surface area contributed by atoms with E-state index in [9.17, 15) is 8.42 Å². The van der Waals surface area contributed by atoms with E-state index in [0.717, 1.165) is 15.6 Å². The van der Waals surface area contributed by atoms with E-state index in [1.807, 2.05) is 37.3 Å². The lowest BCUT2D eigenvalue weighted by molar-refractivity contribution is 0.338. The predicted molar refractivity (Wildman–Crippen MR) is 83.1 cm³/mol. The van der Waals surface area contributed by atoms with Gasteiger partial charge in [-0.25, -0.2) is 0 Å². The Morgan fingerprint density at radius 2 is 1.80 bits per heavy atom. The van der Waals surface area contributed by atoms with E-state index >= 15 is 0 Å². The normalized spacial score (nSPS) is 11.6. The van der Waals surface area contributed by atoms with Gasteiger partial charge in [0.15, 0.2) is 0 Å². The van der Waals surface area contributed by atoms with E-state index in [-0.39, 0.29) is 11.5 Å². The second-order valence-electron chi connectivity index (χ2n) is 4.34. The Balaban J connectivity index is 2.70. The van der Waals surface area contributed by atoms with Crippen LogP contribution in [0.5, 0.6) is 0 Å². The Morgan fingerprint density at radius 1 is 1.10 bits per heavy atom. The molecule has 0 bridgehead atoms. The van der Waals surface area contributed by atoms with Gasteiger partial charge < -0.3 is 0 Å². The molecular weight excluding hydrogens is 340 g/mol. The van der Waals surface area contributed by atoms with Gasteiger partial charge in [0, 0.05) is 10.0 Å². The van der Waals surface area contributed by atoms with Crippen molar-refractivity contribution in [2.75, 3.05) is 6.61 Å². The van der Waals surface area contributed by atoms with Crippen LogP contribution in [-0.2, 0) is 14.3 Å². The monoisotopic (exact) mass is 354 g/mol. The highest BCUT2D eigenvalue weighted by Gasteiger charge is 2.20. The zero-order chi connectivity index (χ0) is 14.8. The molecule has 0 unspecified atom stereocenters. The highest BCUT2D eigenvalue weighted by Crippen LogP contribution is 2.34. The van der Waals surface area contributed by atoms with Crippen LogP contribution in [0, 0.1) is 6.92 Å². The molecule has 0 aromatic heterocycles. The third-order valence-corrected chi connectivity index (χ3v) is 4.97. The van der Waals surface area contributed by atoms with Gasteiger partial charge in [0.1, 0.15) is 4.90 Å². The van der Waals surface area contributed by atoms with Gasteiger partial charge >= 0.3 is 0 Å². The summed E-state index contributed by atoms with van der Waals surface area (Å²) in [4.78, 5) is 0.192. The average molecular weight is 355 g/mol. The fourth-order valence-electron chi connectivity index (χ4n) is 1.97. The average Bonchev–Trinajstić information content (AvgIpc) is 2.38. The van der Waals surface area contributed by atoms with Crippen LogP contribution in [0.15, 0.2) is 51.8 Å². The van der Waals surface area contributed by atoms with Crippen LogP contribution < -0.4 is 0 Å². The predicted octanol–water partition coefficient (Wildman–Crippen LogP) is 4.15. The molecule has 20 heavy (non-hydrogen) atoms. The fraction of sp³-hybridized carbons (Fsp3) is 0.200. The largest absolute Gasteiger partial charge is 0.297 e. The lowest BCUT2D eigenvalue weighted by Gasteiger charge is -2.12. The quantitative estimate of drug-likeness (QED) is 0.774. The van der Waals surface area contributed by atoms with E-state index in [2.05, 4.69) is 15.9 Å². The lowest BCUT2D eigenvalue weighted by Crippen LogP contribution is -2.08. The molecule has 0 amide bonds. The topological polar surface area (TPSA) is 43.4 Å². The van der Waals surface area contributed by atoms with Crippen molar-refractivity contribution in [3.8, 4) is 11.1 Å². The summed E-state index contributed by atoms with van der Waals surface area (Å²) in [5, 5.41) is 0. The standard InChI is InChI=1S/C15H15BrO3S/c1-3-19-20(17,18)15-9-8-11(2)10-13(15)12-6-4-5-7-14(12)16/h4-10H,3H2,1-2H3. The first-order chi connectivity index (χ1) is 9.45. The minimum absolute atomic E-state index is 0.117. The molecule has 0 aliphatic carbocycles. The van der Waals surface area contributed by atoms with Crippen molar-refractivity contribution < 1.29 is 12.6 Å². The van der Waals surface area contributed by atoms with Crippen molar-refractivity contribution in [3.63, 3.8) is 0 Å². The SMILES string of the molecule is CCOS(=O)(=O)c1ccc(C)cc1-c1ccccc1Br. The number of hydrogen-bond donors (Lipinski definition) is 0. The van der Waals surface area contributed by atoms with Crippen molar-refractivity contribution in [3.05, 3.63) is 52.5 Å². The Labute approximate surface area is 127 Å². The maximum atomic E-state index is 12.2. The zero-order valence-corrected chi connectivity index (χ0v) is 13.7. The summed E-state index contributed by atoms with van der Waals surface area (Å²) in [6, 6.07) is 12.7. The summed E-state index contributed by atoms with van der Waals surface area (Å²) in [7, 11) is -3.74. The van der Waals surface area contributed by atoms with Gasteiger partial charge in [-0.05, 0) is 37.6 Å². The fourth-order valence-corrected chi connectivity index (χ4v) is 3.58. The molecule has 0 radical (unpaired) electrons. The molecule has 0 fully saturated rings. The van der Waals surface area contributed by atoms with Crippen LogP contribution in [0.25, 0.3) is 11.1 Å². The number of halogens is 1. The highest BCUT2D eigenvalue weighted by molar-refractivity contribution is 9.10. The van der Waals surface area contributed by atoms with Crippen molar-refractivity contribution in [1.82, 2.24) is 0 Å². The summed E-state index contributed by atoms with van der Waals surface area (Å²) in [5.74, 6) is 0. The Morgan fingerprint density at radius 3 is 2.45 bits per heavy atom. The van der Waals surface area contributed by atoms with Crippen LogP contribution in [0.1, 0.15) is 12.5 Å². The van der Waals surface area contributed by atoms with Crippen LogP contribution in [0.2, 0.25) is 0 Å². The summed E-state index contributed by atoms with van der Waals surface area (Å²) >= 11 is 3.46. The molecule has 5 heteroatoms. The molecule has 3 nitrogen and oxygen atoms in total. The Hall–Kier alpha value is -1.17. The van der Waals surface area contributed by atoms with E-state index in [1.54, 1.807) is 19.1 Å². The second-order valence-corrected chi connectivity index (χ2v) is 6.78. The summed E-state index contributed by atoms with van der Waals surface area (Å²) in [5.41, 5.74) is 2.46. The van der Waals surface area contributed by atoms with Crippen LogP contribution in [0.3, 0.4) is 0 Å². The van der Waals surface area contributed by atoms with Gasteiger partial charge in [-0.3, -0.25) is 4.18 Å². The number of aryl methyl sites for hydroxylation is 1.